The maximum Gasteiger partial charge on any atom is 0.410 e. The summed E-state index contributed by atoms with van der Waals surface area (Å²) in [7, 11) is 3.74. The Morgan fingerprint density at radius 1 is 0.667 bits per heavy atom. The van der Waals surface area contributed by atoms with E-state index < -0.39 is 5.60 Å². The number of anilines is 7. The zero-order valence-corrected chi connectivity index (χ0v) is 43.6. The standard InChI is InChI=1S/C25H29N7.C16H24N2O2.C14H14ClN5/c1-16-5-4-6-17(2)22(16)29-23-21-15-27-25(30-24(21)32(3)31-23)28-20-9-7-18(8-10-20)19-11-13-26-14-12-19;1-16(2,3)20-15(19)18-10-8-13(9-11-18)12-4-6-14(17)7-5-12;1-8-5-4-6-9(2)11(8)17-12-10-7-16-14(15)18-13(10)20(3)19-12/h4-10,15,19,26H,11-14H2,1-3H3,(H,29,31)(H,27,28,30);4-7,13H,8-11,17H2,1-3H3;4-7H,1-3H3,(H,17,19). The molecular weight excluding hydrogens is 924 g/mol. The lowest BCUT2D eigenvalue weighted by Gasteiger charge is -2.33. The van der Waals surface area contributed by atoms with Crippen molar-refractivity contribution in [3.63, 3.8) is 0 Å². The van der Waals surface area contributed by atoms with E-state index in [9.17, 15) is 4.79 Å². The number of amides is 1. The molecule has 6 N–H and O–H groups in total. The van der Waals surface area contributed by atoms with Crippen molar-refractivity contribution in [2.24, 2.45) is 14.1 Å². The number of nitrogens with one attached hydrogen (secondary N) is 4. The van der Waals surface area contributed by atoms with Gasteiger partial charge in [-0.05, 0) is 168 Å². The number of nitrogen functional groups attached to an aromatic ring is 1. The number of halogens is 1. The first-order valence-electron chi connectivity index (χ1n) is 24.6. The molecule has 4 aromatic carbocycles. The Hall–Kier alpha value is -7.30. The van der Waals surface area contributed by atoms with Crippen molar-refractivity contribution in [1.29, 1.82) is 0 Å². The summed E-state index contributed by atoms with van der Waals surface area (Å²) >= 11 is 5.83. The molecule has 2 saturated heterocycles. The van der Waals surface area contributed by atoms with Crippen LogP contribution in [0.5, 0.6) is 0 Å². The third-order valence-corrected chi connectivity index (χ3v) is 13.3. The van der Waals surface area contributed by atoms with E-state index in [2.05, 4.69) is 141 Å². The minimum Gasteiger partial charge on any atom is -0.444 e. The van der Waals surface area contributed by atoms with E-state index in [1.807, 2.05) is 59.3 Å². The van der Waals surface area contributed by atoms with Crippen LogP contribution in [0, 0.1) is 27.7 Å². The zero-order chi connectivity index (χ0) is 51.1. The predicted molar refractivity (Wildman–Crippen MR) is 291 cm³/mol. The molecule has 72 heavy (non-hydrogen) atoms. The fraction of sp³-hybridized carbons (Fsp3) is 0.364. The van der Waals surface area contributed by atoms with Crippen molar-refractivity contribution in [2.75, 3.05) is 47.9 Å². The second kappa shape index (κ2) is 22.4. The molecule has 0 saturated carbocycles. The van der Waals surface area contributed by atoms with Crippen molar-refractivity contribution in [3.8, 4) is 0 Å². The van der Waals surface area contributed by atoms with Gasteiger partial charge in [0.25, 0.3) is 0 Å². The highest BCUT2D eigenvalue weighted by molar-refractivity contribution is 6.28. The molecule has 4 aromatic heterocycles. The van der Waals surface area contributed by atoms with Crippen LogP contribution in [0.2, 0.25) is 5.28 Å². The molecule has 2 aliphatic heterocycles. The van der Waals surface area contributed by atoms with E-state index in [-0.39, 0.29) is 11.4 Å². The molecule has 2 fully saturated rings. The van der Waals surface area contributed by atoms with Crippen molar-refractivity contribution in [1.82, 2.24) is 49.7 Å². The van der Waals surface area contributed by atoms with E-state index >= 15 is 0 Å². The summed E-state index contributed by atoms with van der Waals surface area (Å²) in [6.07, 6.45) is 7.67. The second-order valence-electron chi connectivity index (χ2n) is 19.7. The normalized spacial score (nSPS) is 14.3. The number of aryl methyl sites for hydroxylation is 6. The van der Waals surface area contributed by atoms with Gasteiger partial charge >= 0.3 is 6.09 Å². The van der Waals surface area contributed by atoms with Gasteiger partial charge in [0.1, 0.15) is 5.60 Å². The molecule has 0 spiro atoms. The lowest BCUT2D eigenvalue weighted by molar-refractivity contribution is 0.0205. The van der Waals surface area contributed by atoms with Gasteiger partial charge in [0.05, 0.1) is 10.8 Å². The number of carbonyl (C=O) groups excluding carboxylic acids is 1. The number of ether oxygens (including phenoxy) is 1. The third kappa shape index (κ3) is 12.6. The molecule has 0 bridgehead atoms. The number of fused-ring (bicyclic) bond motifs is 2. The molecule has 17 heteroatoms. The number of para-hydroxylation sites is 2. The van der Waals surface area contributed by atoms with Crippen LogP contribution in [0.25, 0.3) is 22.1 Å². The Balaban J connectivity index is 0.000000152. The molecule has 8 aromatic rings. The van der Waals surface area contributed by atoms with E-state index in [1.165, 1.54) is 46.2 Å². The molecule has 0 unspecified atom stereocenters. The van der Waals surface area contributed by atoms with Crippen LogP contribution >= 0.6 is 11.6 Å². The molecule has 0 aliphatic carbocycles. The van der Waals surface area contributed by atoms with Crippen LogP contribution in [0.15, 0.2) is 97.3 Å². The highest BCUT2D eigenvalue weighted by Gasteiger charge is 2.27. The molecule has 0 radical (unpaired) electrons. The fourth-order valence-corrected chi connectivity index (χ4v) is 9.30. The molecule has 2 aliphatic rings. The average molecular weight is 992 g/mol. The molecule has 0 atom stereocenters. The van der Waals surface area contributed by atoms with Gasteiger partial charge in [-0.2, -0.15) is 20.2 Å². The summed E-state index contributed by atoms with van der Waals surface area (Å²) < 4.78 is 8.89. The first kappa shape index (κ1) is 51.1. The highest BCUT2D eigenvalue weighted by Crippen LogP contribution is 2.32. The van der Waals surface area contributed by atoms with Gasteiger partial charge < -0.3 is 36.6 Å². The maximum absolute atomic E-state index is 12.0. The predicted octanol–water partition coefficient (Wildman–Crippen LogP) is 11.7. The molecule has 1 amide bonds. The summed E-state index contributed by atoms with van der Waals surface area (Å²) in [6, 6.07) is 29.1. The van der Waals surface area contributed by atoms with Crippen LogP contribution in [-0.4, -0.2) is 82.3 Å². The van der Waals surface area contributed by atoms with Gasteiger partial charge in [0.15, 0.2) is 22.9 Å². The van der Waals surface area contributed by atoms with Crippen LogP contribution in [-0.2, 0) is 18.8 Å². The van der Waals surface area contributed by atoms with Gasteiger partial charge in [-0.25, -0.2) is 24.1 Å². The van der Waals surface area contributed by atoms with E-state index in [4.69, 9.17) is 27.1 Å². The van der Waals surface area contributed by atoms with Gasteiger partial charge in [0.2, 0.25) is 11.2 Å². The number of likely N-dealkylation sites (tertiary alicyclic amines) is 1. The summed E-state index contributed by atoms with van der Waals surface area (Å²) in [5.74, 6) is 3.22. The monoisotopic (exact) mass is 991 g/mol. The van der Waals surface area contributed by atoms with Crippen LogP contribution in [0.3, 0.4) is 0 Å². The third-order valence-electron chi connectivity index (χ3n) is 13.1. The molecule has 376 valence electrons. The number of piperidine rings is 2. The first-order chi connectivity index (χ1) is 34.5. The number of hydrogen-bond acceptors (Lipinski definition) is 13. The number of rotatable bonds is 8. The van der Waals surface area contributed by atoms with Gasteiger partial charge in [0, 0.05) is 62.3 Å². The van der Waals surface area contributed by atoms with Gasteiger partial charge in [-0.15, -0.1) is 0 Å². The van der Waals surface area contributed by atoms with E-state index in [1.54, 1.807) is 20.5 Å². The minimum absolute atomic E-state index is 0.201. The summed E-state index contributed by atoms with van der Waals surface area (Å²) in [4.78, 5) is 31.3. The smallest absolute Gasteiger partial charge is 0.410 e. The van der Waals surface area contributed by atoms with Crippen LogP contribution < -0.4 is 27.0 Å². The largest absolute Gasteiger partial charge is 0.444 e. The number of nitrogens with zero attached hydrogens (tertiary/aromatic N) is 9. The summed E-state index contributed by atoms with van der Waals surface area (Å²) in [5, 5.41) is 24.7. The second-order valence-corrected chi connectivity index (χ2v) is 20.1. The number of aromatic nitrogens is 8. The lowest BCUT2D eigenvalue weighted by Crippen LogP contribution is -2.41. The molecule has 10 rings (SSSR count). The number of carbonyl (C=O) groups is 1. The van der Waals surface area contributed by atoms with E-state index in [0.29, 0.717) is 23.4 Å². The topological polar surface area (TPSA) is 191 Å². The SMILES string of the molecule is CC(C)(C)OC(=O)N1CCC(c2ccc(N)cc2)CC1.Cc1cccc(C)c1Nc1nn(C)c2nc(Cl)ncc12.Cc1cccc(C)c1Nc1nn(C)c2nc(Nc3ccc(C4CCNCC4)cc3)ncc12. The van der Waals surface area contributed by atoms with Crippen molar-refractivity contribution in [2.45, 2.75) is 91.6 Å². The lowest BCUT2D eigenvalue weighted by atomic mass is 9.89. The quantitative estimate of drug-likeness (QED) is 0.0714. The molecule has 16 nitrogen and oxygen atoms in total. The zero-order valence-electron chi connectivity index (χ0n) is 42.8. The van der Waals surface area contributed by atoms with Crippen molar-refractivity contribution < 1.29 is 9.53 Å². The Morgan fingerprint density at radius 2 is 1.14 bits per heavy atom. The van der Waals surface area contributed by atoms with Crippen molar-refractivity contribution >= 4 is 80.1 Å². The van der Waals surface area contributed by atoms with Gasteiger partial charge in [-0.1, -0.05) is 60.7 Å². The Morgan fingerprint density at radius 3 is 1.65 bits per heavy atom. The molecular formula is C55H67ClN14O2. The van der Waals surface area contributed by atoms with Crippen LogP contribution in [0.1, 0.15) is 91.7 Å². The number of hydrogen-bond donors (Lipinski definition) is 5. The molecule has 6 heterocycles. The average Bonchev–Trinajstić information content (AvgIpc) is 3.84. The summed E-state index contributed by atoms with van der Waals surface area (Å²) in [5.41, 5.74) is 18.1. The fourth-order valence-electron chi connectivity index (χ4n) is 9.17. The Kier molecular flexibility index (Phi) is 15.9. The first-order valence-corrected chi connectivity index (χ1v) is 25.0. The Labute approximate surface area is 427 Å². The van der Waals surface area contributed by atoms with E-state index in [0.717, 1.165) is 89.8 Å². The number of nitrogens with two attached hydrogens (primary N) is 1. The maximum atomic E-state index is 12.0. The number of benzene rings is 4. The Bertz CT molecular complexity index is 3090. The van der Waals surface area contributed by atoms with Gasteiger partial charge in [-0.3, -0.25) is 0 Å². The van der Waals surface area contributed by atoms with Crippen molar-refractivity contribution in [3.05, 3.63) is 136 Å². The minimum atomic E-state index is -0.426. The summed E-state index contributed by atoms with van der Waals surface area (Å²) in [6.45, 7) is 17.7. The van der Waals surface area contributed by atoms with Crippen LogP contribution in [0.4, 0.5) is 45.1 Å². The highest BCUT2D eigenvalue weighted by atomic mass is 35.5.